The molecule has 2 aromatic rings. The normalized spacial score (nSPS) is 28.8. The summed E-state index contributed by atoms with van der Waals surface area (Å²) >= 11 is -4.74. The number of hydrogen-bond acceptors (Lipinski definition) is 0. The minimum atomic E-state index is -4.74. The molecule has 6 rings (SSSR count). The van der Waals surface area contributed by atoms with Gasteiger partial charge in [-0.25, -0.2) is 0 Å². The van der Waals surface area contributed by atoms with Crippen LogP contribution in [0.4, 0.5) is 0 Å². The van der Waals surface area contributed by atoms with Gasteiger partial charge in [-0.1, -0.05) is 0 Å². The van der Waals surface area contributed by atoms with E-state index in [1.165, 1.54) is 84.2 Å². The van der Waals surface area contributed by atoms with Gasteiger partial charge in [-0.2, -0.15) is 0 Å². The van der Waals surface area contributed by atoms with E-state index in [9.17, 15) is 0 Å². The molecule has 2 heterocycles. The van der Waals surface area contributed by atoms with Gasteiger partial charge in [-0.15, -0.1) is 0 Å². The minimum absolute atomic E-state index is 0.169. The standard InChI is InChI=1S/2C15H19Si.C2H4.2ClH.Ti/c2*1-2-10-16(11-5-12-16)15-9-8-13-6-3-4-7-14(13)15;1-2;;;/h2*3-4,6-9H,2,5,10-12H2,1H3;1H,2H3;2*1H;/q;;;;;+2/p-2. The van der Waals surface area contributed by atoms with Gasteiger partial charge in [0.2, 0.25) is 0 Å². The van der Waals surface area contributed by atoms with Crippen LogP contribution in [0.1, 0.15) is 68.7 Å². The average molecular weight is 602 g/mol. The van der Waals surface area contributed by atoms with Crippen LogP contribution in [-0.4, -0.2) is 20.5 Å². The average Bonchev–Trinajstić information content (AvgIpc) is 3.46. The van der Waals surface area contributed by atoms with E-state index in [1.807, 2.05) is 0 Å². The van der Waals surface area contributed by atoms with Crippen LogP contribution in [0.2, 0.25) is 36.3 Å². The topological polar surface area (TPSA) is 0 Å². The third-order valence-corrected chi connectivity index (χ3v) is 49.9. The fourth-order valence-electron chi connectivity index (χ4n) is 9.92. The molecule has 196 valence electrons. The Labute approximate surface area is 234 Å². The van der Waals surface area contributed by atoms with Crippen LogP contribution < -0.4 is 0 Å². The SMILES string of the molecule is C[CH]=[Ti]([Cl])([Cl])([C]1([Si]2(CCC)CCC2)C=Cc2ccccc21)[C]1([Si]2(CCC)CCC2)C=Cc2ccccc21. The van der Waals surface area contributed by atoms with E-state index in [4.69, 9.17) is 18.6 Å². The van der Waals surface area contributed by atoms with Gasteiger partial charge in [0.25, 0.3) is 0 Å². The Hall–Kier alpha value is -0.482. The van der Waals surface area contributed by atoms with Crippen LogP contribution in [0.15, 0.2) is 60.7 Å². The van der Waals surface area contributed by atoms with Crippen molar-refractivity contribution in [1.29, 1.82) is 0 Å². The first-order chi connectivity index (χ1) is 17.8. The van der Waals surface area contributed by atoms with Crippen molar-refractivity contribution in [3.63, 3.8) is 0 Å². The number of fused-ring (bicyclic) bond motifs is 2. The summed E-state index contributed by atoms with van der Waals surface area (Å²) < 4.78 is 2.17. The molecule has 4 aliphatic rings. The van der Waals surface area contributed by atoms with Crippen molar-refractivity contribution in [2.45, 2.75) is 89.4 Å². The van der Waals surface area contributed by atoms with Crippen LogP contribution in [-0.2, 0) is 19.4 Å². The molecule has 2 unspecified atom stereocenters. The van der Waals surface area contributed by atoms with Gasteiger partial charge in [0.05, 0.1) is 0 Å². The van der Waals surface area contributed by atoms with Gasteiger partial charge in [-0.05, 0) is 0 Å². The summed E-state index contributed by atoms with van der Waals surface area (Å²) in [6.45, 7) is 7.07. The molecular weight excluding hydrogens is 559 g/mol. The van der Waals surface area contributed by atoms with E-state index in [1.54, 1.807) is 0 Å². The first kappa shape index (κ1) is 26.7. The number of hydrogen-bond donors (Lipinski definition) is 0. The van der Waals surface area contributed by atoms with E-state index in [0.717, 1.165) is 0 Å². The fourth-order valence-corrected chi connectivity index (χ4v) is 56.5. The van der Waals surface area contributed by atoms with Gasteiger partial charge < -0.3 is 0 Å². The zero-order valence-electron chi connectivity index (χ0n) is 22.8. The van der Waals surface area contributed by atoms with Crippen molar-refractivity contribution in [2.75, 3.05) is 0 Å². The molecule has 0 radical (unpaired) electrons. The van der Waals surface area contributed by atoms with Crippen molar-refractivity contribution in [3.05, 3.63) is 82.9 Å². The van der Waals surface area contributed by atoms with Crippen molar-refractivity contribution in [2.24, 2.45) is 0 Å². The third-order valence-electron chi connectivity index (χ3n) is 11.5. The molecule has 0 bridgehead atoms. The van der Waals surface area contributed by atoms with Crippen molar-refractivity contribution in [1.82, 2.24) is 0 Å². The molecule has 0 spiro atoms. The Morgan fingerprint density at radius 3 is 1.46 bits per heavy atom. The molecule has 2 aromatic carbocycles. The molecule has 2 saturated heterocycles. The Morgan fingerprint density at radius 2 is 1.14 bits per heavy atom. The van der Waals surface area contributed by atoms with Gasteiger partial charge in [0, 0.05) is 0 Å². The monoisotopic (exact) mass is 600 g/mol. The molecule has 2 atom stereocenters. The molecule has 0 saturated carbocycles. The van der Waals surface area contributed by atoms with Gasteiger partial charge in [0.15, 0.2) is 0 Å². The molecule has 0 aromatic heterocycles. The number of benzene rings is 2. The third kappa shape index (κ3) is 2.99. The van der Waals surface area contributed by atoms with Crippen LogP contribution in [0, 0.1) is 0 Å². The maximum atomic E-state index is 8.89. The summed E-state index contributed by atoms with van der Waals surface area (Å²) in [4.78, 5) is 0. The molecule has 2 fully saturated rings. The number of allylic oxidation sites excluding steroid dienone is 2. The molecule has 37 heavy (non-hydrogen) atoms. The summed E-state index contributed by atoms with van der Waals surface area (Å²) in [6.07, 6.45) is 15.3. The van der Waals surface area contributed by atoms with Crippen LogP contribution >= 0.6 is 18.6 Å². The molecule has 0 N–H and O–H groups in total. The van der Waals surface area contributed by atoms with Gasteiger partial charge >= 0.3 is 236 Å². The van der Waals surface area contributed by atoms with E-state index in [2.05, 4.69) is 97.9 Å². The number of rotatable bonds is 8. The molecule has 2 aliphatic carbocycles. The Kier molecular flexibility index (Phi) is 6.51. The zero-order chi connectivity index (χ0) is 26.0. The van der Waals surface area contributed by atoms with Crippen molar-refractivity contribution >= 4 is 51.2 Å². The summed E-state index contributed by atoms with van der Waals surface area (Å²) in [5.41, 5.74) is 5.74. The predicted molar refractivity (Wildman–Crippen MR) is 168 cm³/mol. The van der Waals surface area contributed by atoms with Crippen LogP contribution in [0.3, 0.4) is 0 Å². The molecule has 0 nitrogen and oxygen atoms in total. The Morgan fingerprint density at radius 1 is 0.730 bits per heavy atom. The molecule has 5 heteroatoms. The summed E-state index contributed by atoms with van der Waals surface area (Å²) in [5, 5.41) is 0. The summed E-state index contributed by atoms with van der Waals surface area (Å²) in [7, 11) is 14.0. The fraction of sp³-hybridized carbons (Fsp3) is 0.469. The van der Waals surface area contributed by atoms with Crippen LogP contribution in [0.25, 0.3) is 12.2 Å². The Balaban J connectivity index is 1.78. The molecule has 0 amide bonds. The van der Waals surface area contributed by atoms with Crippen molar-refractivity contribution < 1.29 is 12.7 Å². The second-order valence-corrected chi connectivity index (χ2v) is 37.9. The van der Waals surface area contributed by atoms with Crippen molar-refractivity contribution in [3.8, 4) is 0 Å². The van der Waals surface area contributed by atoms with Crippen LogP contribution in [0.5, 0.6) is 0 Å². The summed E-state index contributed by atoms with van der Waals surface area (Å²) in [6, 6.07) is 26.6. The van der Waals surface area contributed by atoms with E-state index in [0.29, 0.717) is 0 Å². The van der Waals surface area contributed by atoms with E-state index >= 15 is 0 Å². The maximum absolute atomic E-state index is 8.89. The molecular formula is C32H42Cl2Si2Ti. The quantitative estimate of drug-likeness (QED) is 0.264. The van der Waals surface area contributed by atoms with E-state index < -0.39 is 28.9 Å². The second-order valence-electron chi connectivity index (χ2n) is 12.6. The summed E-state index contributed by atoms with van der Waals surface area (Å²) in [5.74, 6) is 0. The van der Waals surface area contributed by atoms with Gasteiger partial charge in [0.1, 0.15) is 0 Å². The molecule has 2 aliphatic heterocycles. The zero-order valence-corrected chi connectivity index (χ0v) is 27.9. The first-order valence-electron chi connectivity index (χ1n) is 14.8. The predicted octanol–water partition coefficient (Wildman–Crippen LogP) is 10.3. The number of halogens is 2. The second kappa shape index (κ2) is 9.01. The van der Waals surface area contributed by atoms with E-state index in [-0.39, 0.29) is 6.69 Å². The van der Waals surface area contributed by atoms with Gasteiger partial charge in [-0.3, -0.25) is 0 Å². The Bertz CT molecular complexity index is 1260. The first-order valence-corrected chi connectivity index (χ1v) is 26.8.